The molecule has 1 fully saturated rings. The predicted molar refractivity (Wildman–Crippen MR) is 92.2 cm³/mol. The van der Waals surface area contributed by atoms with Crippen molar-refractivity contribution in [1.82, 2.24) is 9.36 Å². The minimum absolute atomic E-state index is 0.490. The predicted octanol–water partition coefficient (Wildman–Crippen LogP) is 4.17. The fourth-order valence-electron chi connectivity index (χ4n) is 2.83. The number of hydrogen-bond donors (Lipinski definition) is 1. The third-order valence-corrected chi connectivity index (χ3v) is 6.38. The molecule has 0 unspecified atom stereocenters. The van der Waals surface area contributed by atoms with E-state index in [1.165, 1.54) is 35.8 Å². The highest BCUT2D eigenvalue weighted by atomic mass is 32.1. The lowest BCUT2D eigenvalue weighted by atomic mass is 9.78. The molecule has 0 aromatic carbocycles. The maximum atomic E-state index is 6.11. The van der Waals surface area contributed by atoms with Crippen LogP contribution in [-0.2, 0) is 0 Å². The molecular formula is C15H22N4S2. The highest BCUT2D eigenvalue weighted by Crippen LogP contribution is 2.43. The molecule has 0 atom stereocenters. The van der Waals surface area contributed by atoms with Crippen LogP contribution in [0.1, 0.15) is 38.1 Å². The Bertz CT molecular complexity index is 623. The summed E-state index contributed by atoms with van der Waals surface area (Å²) in [4.78, 5) is 7.03. The molecule has 0 radical (unpaired) electrons. The average molecular weight is 323 g/mol. The number of nitrogen functional groups attached to an aromatic ring is 1. The van der Waals surface area contributed by atoms with Crippen molar-refractivity contribution < 1.29 is 0 Å². The molecule has 114 valence electrons. The number of piperidine rings is 1. The van der Waals surface area contributed by atoms with E-state index >= 15 is 0 Å². The number of aryl methyl sites for hydroxylation is 1. The third kappa shape index (κ3) is 2.79. The van der Waals surface area contributed by atoms with Gasteiger partial charge in [-0.3, -0.25) is 0 Å². The fraction of sp³-hybridized carbons (Fsp3) is 0.600. The number of nitrogens with zero attached hydrogens (tertiary/aromatic N) is 3. The summed E-state index contributed by atoms with van der Waals surface area (Å²) in [5.74, 6) is 0.615. The van der Waals surface area contributed by atoms with Crippen LogP contribution >= 0.6 is 22.9 Å². The lowest BCUT2D eigenvalue weighted by Crippen LogP contribution is -2.38. The highest BCUT2D eigenvalue weighted by molar-refractivity contribution is 7.11. The number of nitrogens with two attached hydrogens (primary N) is 1. The van der Waals surface area contributed by atoms with Crippen molar-refractivity contribution in [2.75, 3.05) is 23.7 Å². The number of thiazole rings is 1. The van der Waals surface area contributed by atoms with Crippen LogP contribution in [0.2, 0.25) is 0 Å². The molecule has 2 aromatic rings. The molecule has 0 saturated carbocycles. The molecule has 21 heavy (non-hydrogen) atoms. The standard InChI is InChI=1S/C15H22N4S2/c1-4-15(3)5-7-19(8-6-15)14-12(13(16)18-21-14)11-9-20-10(2)17-11/h9H,4-8H2,1-3H3,(H2,16,18). The Labute approximate surface area is 134 Å². The van der Waals surface area contributed by atoms with Gasteiger partial charge in [0.05, 0.1) is 16.3 Å². The molecule has 3 rings (SSSR count). The van der Waals surface area contributed by atoms with Gasteiger partial charge < -0.3 is 10.6 Å². The largest absolute Gasteiger partial charge is 0.382 e. The van der Waals surface area contributed by atoms with Crippen LogP contribution in [0.4, 0.5) is 10.8 Å². The Morgan fingerprint density at radius 3 is 2.67 bits per heavy atom. The average Bonchev–Trinajstić information content (AvgIpc) is 3.06. The second kappa shape index (κ2) is 5.57. The normalized spacial score (nSPS) is 18.1. The van der Waals surface area contributed by atoms with E-state index in [0.717, 1.165) is 29.4 Å². The van der Waals surface area contributed by atoms with Gasteiger partial charge in [0, 0.05) is 18.5 Å². The molecule has 3 heterocycles. The zero-order valence-corrected chi connectivity index (χ0v) is 14.5. The maximum absolute atomic E-state index is 6.11. The summed E-state index contributed by atoms with van der Waals surface area (Å²) in [5.41, 5.74) is 8.60. The first kappa shape index (κ1) is 14.8. The van der Waals surface area contributed by atoms with Crippen molar-refractivity contribution in [3.05, 3.63) is 10.4 Å². The zero-order chi connectivity index (χ0) is 15.0. The molecule has 0 aliphatic carbocycles. The van der Waals surface area contributed by atoms with Gasteiger partial charge in [0.1, 0.15) is 10.8 Å². The summed E-state index contributed by atoms with van der Waals surface area (Å²) in [6, 6.07) is 0. The minimum Gasteiger partial charge on any atom is -0.382 e. The van der Waals surface area contributed by atoms with Crippen molar-refractivity contribution >= 4 is 33.7 Å². The summed E-state index contributed by atoms with van der Waals surface area (Å²) < 4.78 is 4.38. The van der Waals surface area contributed by atoms with Crippen LogP contribution < -0.4 is 10.6 Å². The Morgan fingerprint density at radius 1 is 1.38 bits per heavy atom. The molecule has 0 spiro atoms. The molecule has 0 bridgehead atoms. The van der Waals surface area contributed by atoms with Crippen molar-refractivity contribution in [2.24, 2.45) is 5.41 Å². The fourth-order valence-corrected chi connectivity index (χ4v) is 4.31. The molecule has 0 amide bonds. The number of aromatic nitrogens is 2. The van der Waals surface area contributed by atoms with Crippen LogP contribution in [0, 0.1) is 12.3 Å². The van der Waals surface area contributed by atoms with Crippen LogP contribution in [0.5, 0.6) is 0 Å². The second-order valence-electron chi connectivity index (χ2n) is 6.15. The van der Waals surface area contributed by atoms with Crippen molar-refractivity contribution in [3.8, 4) is 11.3 Å². The molecule has 4 nitrogen and oxygen atoms in total. The summed E-state index contributed by atoms with van der Waals surface area (Å²) in [7, 11) is 0. The van der Waals surface area contributed by atoms with Crippen molar-refractivity contribution in [1.29, 1.82) is 0 Å². The molecule has 1 aliphatic rings. The summed E-state index contributed by atoms with van der Waals surface area (Å²) >= 11 is 3.17. The van der Waals surface area contributed by atoms with Crippen LogP contribution in [0.25, 0.3) is 11.3 Å². The van der Waals surface area contributed by atoms with Crippen molar-refractivity contribution in [2.45, 2.75) is 40.0 Å². The van der Waals surface area contributed by atoms with Gasteiger partial charge in [0.15, 0.2) is 0 Å². The Hall–Kier alpha value is -1.14. The Balaban J connectivity index is 1.88. The second-order valence-corrected chi connectivity index (χ2v) is 7.97. The van der Waals surface area contributed by atoms with Crippen LogP contribution in [0.3, 0.4) is 0 Å². The molecular weight excluding hydrogens is 300 g/mol. The topological polar surface area (TPSA) is 55.0 Å². The van der Waals surface area contributed by atoms with E-state index in [1.54, 1.807) is 11.3 Å². The quantitative estimate of drug-likeness (QED) is 0.921. The van der Waals surface area contributed by atoms with Crippen LogP contribution in [-0.4, -0.2) is 22.4 Å². The van der Waals surface area contributed by atoms with Gasteiger partial charge in [-0.15, -0.1) is 11.3 Å². The molecule has 1 saturated heterocycles. The van der Waals surface area contributed by atoms with Gasteiger partial charge in [-0.1, -0.05) is 20.3 Å². The molecule has 6 heteroatoms. The number of rotatable bonds is 3. The zero-order valence-electron chi connectivity index (χ0n) is 12.8. The molecule has 1 aliphatic heterocycles. The molecule has 2 aromatic heterocycles. The monoisotopic (exact) mass is 322 g/mol. The van der Waals surface area contributed by atoms with Gasteiger partial charge in [-0.05, 0) is 36.7 Å². The van der Waals surface area contributed by atoms with Gasteiger partial charge >= 0.3 is 0 Å². The van der Waals surface area contributed by atoms with Gasteiger partial charge in [0.25, 0.3) is 0 Å². The van der Waals surface area contributed by atoms with Gasteiger partial charge in [-0.2, -0.15) is 4.37 Å². The summed E-state index contributed by atoms with van der Waals surface area (Å²) in [6.07, 6.45) is 3.72. The van der Waals surface area contributed by atoms with Gasteiger partial charge in [-0.25, -0.2) is 4.98 Å². The first-order valence-corrected chi connectivity index (χ1v) is 9.10. The summed E-state index contributed by atoms with van der Waals surface area (Å²) in [5, 5.41) is 4.34. The SMILES string of the molecule is CCC1(C)CCN(c2snc(N)c2-c2csc(C)n2)CC1. The van der Waals surface area contributed by atoms with E-state index in [2.05, 4.69) is 33.5 Å². The lowest BCUT2D eigenvalue weighted by Gasteiger charge is -2.39. The van der Waals surface area contributed by atoms with E-state index in [0.29, 0.717) is 11.2 Å². The number of hydrogen-bond acceptors (Lipinski definition) is 6. The van der Waals surface area contributed by atoms with E-state index < -0.39 is 0 Å². The smallest absolute Gasteiger partial charge is 0.148 e. The highest BCUT2D eigenvalue weighted by Gasteiger charge is 2.31. The number of anilines is 2. The Kier molecular flexibility index (Phi) is 3.92. The van der Waals surface area contributed by atoms with E-state index in [1.807, 2.05) is 6.92 Å². The summed E-state index contributed by atoms with van der Waals surface area (Å²) in [6.45, 7) is 8.89. The minimum atomic E-state index is 0.490. The Morgan fingerprint density at radius 2 is 2.10 bits per heavy atom. The van der Waals surface area contributed by atoms with E-state index in [4.69, 9.17) is 5.73 Å². The lowest BCUT2D eigenvalue weighted by molar-refractivity contribution is 0.239. The van der Waals surface area contributed by atoms with Crippen LogP contribution in [0.15, 0.2) is 5.38 Å². The van der Waals surface area contributed by atoms with E-state index in [-0.39, 0.29) is 0 Å². The first-order chi connectivity index (χ1) is 10.0. The van der Waals surface area contributed by atoms with Crippen molar-refractivity contribution in [3.63, 3.8) is 0 Å². The first-order valence-electron chi connectivity index (χ1n) is 7.45. The van der Waals surface area contributed by atoms with Gasteiger partial charge in [0.2, 0.25) is 0 Å². The molecule has 2 N–H and O–H groups in total. The maximum Gasteiger partial charge on any atom is 0.148 e. The van der Waals surface area contributed by atoms with E-state index in [9.17, 15) is 0 Å². The third-order valence-electron chi connectivity index (χ3n) is 4.69.